The second-order valence-electron chi connectivity index (χ2n) is 3.64. The van der Waals surface area contributed by atoms with Crippen molar-refractivity contribution in [3.8, 4) is 5.75 Å². The van der Waals surface area contributed by atoms with Crippen LogP contribution in [0.5, 0.6) is 5.75 Å². The van der Waals surface area contributed by atoms with Crippen LogP contribution in [0.15, 0.2) is 60.9 Å². The number of phenolic OH excluding ortho intramolecular Hbond substituents is 1. The van der Waals surface area contributed by atoms with Crippen LogP contribution in [0.25, 0.3) is 6.08 Å². The van der Waals surface area contributed by atoms with E-state index in [0.717, 1.165) is 5.56 Å². The number of benzene rings is 2. The summed E-state index contributed by atoms with van der Waals surface area (Å²) in [5.41, 5.74) is 1.08. The summed E-state index contributed by atoms with van der Waals surface area (Å²) >= 11 is 0. The summed E-state index contributed by atoms with van der Waals surface area (Å²) in [5, 5.41) is 9.47. The van der Waals surface area contributed by atoms with Gasteiger partial charge in [-0.15, -0.1) is 0 Å². The standard InChI is InChI=1S/C15H12O3/c16-14-9-5-4-8-13(14)15(17)18-11-10-12-6-2-1-3-7-12/h1-11,16H. The van der Waals surface area contributed by atoms with Crippen LogP contribution in [0, 0.1) is 0 Å². The van der Waals surface area contributed by atoms with Crippen LogP contribution in [0.3, 0.4) is 0 Å². The quantitative estimate of drug-likeness (QED) is 0.661. The van der Waals surface area contributed by atoms with Crippen LogP contribution in [-0.2, 0) is 4.74 Å². The normalized spacial score (nSPS) is 10.4. The first kappa shape index (κ1) is 11.9. The van der Waals surface area contributed by atoms with E-state index in [1.54, 1.807) is 18.2 Å². The first-order valence-electron chi connectivity index (χ1n) is 5.48. The van der Waals surface area contributed by atoms with Gasteiger partial charge in [0.15, 0.2) is 0 Å². The molecule has 2 aromatic rings. The van der Waals surface area contributed by atoms with Crippen LogP contribution in [0.4, 0.5) is 0 Å². The van der Waals surface area contributed by atoms with Gasteiger partial charge in [-0.2, -0.15) is 0 Å². The fourth-order valence-electron chi connectivity index (χ4n) is 1.45. The number of phenols is 1. The van der Waals surface area contributed by atoms with Crippen molar-refractivity contribution in [2.45, 2.75) is 0 Å². The highest BCUT2D eigenvalue weighted by Crippen LogP contribution is 2.16. The number of rotatable bonds is 3. The number of ether oxygens (including phenoxy) is 1. The summed E-state index contributed by atoms with van der Waals surface area (Å²) in [6.07, 6.45) is 2.99. The van der Waals surface area contributed by atoms with Crippen LogP contribution in [-0.4, -0.2) is 11.1 Å². The van der Waals surface area contributed by atoms with Crippen molar-refractivity contribution >= 4 is 12.0 Å². The van der Waals surface area contributed by atoms with Gasteiger partial charge in [-0.1, -0.05) is 42.5 Å². The smallest absolute Gasteiger partial charge is 0.346 e. The molecule has 2 aromatic carbocycles. The van der Waals surface area contributed by atoms with Crippen molar-refractivity contribution in [1.29, 1.82) is 0 Å². The Kier molecular flexibility index (Phi) is 3.76. The summed E-state index contributed by atoms with van der Waals surface area (Å²) in [4.78, 5) is 11.6. The molecular formula is C15H12O3. The molecule has 0 saturated heterocycles. The van der Waals surface area contributed by atoms with Crippen molar-refractivity contribution in [3.05, 3.63) is 72.0 Å². The third-order valence-electron chi connectivity index (χ3n) is 2.36. The van der Waals surface area contributed by atoms with E-state index in [0.29, 0.717) is 0 Å². The lowest BCUT2D eigenvalue weighted by Crippen LogP contribution is -2.00. The number of esters is 1. The molecule has 0 spiro atoms. The van der Waals surface area contributed by atoms with Crippen molar-refractivity contribution in [2.24, 2.45) is 0 Å². The third-order valence-corrected chi connectivity index (χ3v) is 2.36. The highest BCUT2D eigenvalue weighted by molar-refractivity contribution is 5.92. The topological polar surface area (TPSA) is 46.5 Å². The molecule has 0 amide bonds. The van der Waals surface area contributed by atoms with E-state index in [2.05, 4.69) is 0 Å². The Balaban J connectivity index is 2.01. The third kappa shape index (κ3) is 2.98. The molecule has 0 heterocycles. The lowest BCUT2D eigenvalue weighted by Gasteiger charge is -2.01. The maximum absolute atomic E-state index is 11.6. The molecule has 1 N–H and O–H groups in total. The molecule has 0 aliphatic rings. The van der Waals surface area contributed by atoms with E-state index < -0.39 is 5.97 Å². The molecule has 90 valence electrons. The second kappa shape index (κ2) is 5.68. The number of carbonyl (C=O) groups excluding carboxylic acids is 1. The molecule has 0 fully saturated rings. The molecule has 0 bridgehead atoms. The Labute approximate surface area is 105 Å². The fraction of sp³-hybridized carbons (Fsp3) is 0. The molecule has 2 rings (SSSR count). The maximum atomic E-state index is 11.6. The Bertz CT molecular complexity index is 559. The SMILES string of the molecule is O=C(OC=Cc1ccccc1)c1ccccc1O. The van der Waals surface area contributed by atoms with E-state index in [1.807, 2.05) is 30.3 Å². The van der Waals surface area contributed by atoms with Gasteiger partial charge in [-0.05, 0) is 23.8 Å². The minimum absolute atomic E-state index is 0.0874. The maximum Gasteiger partial charge on any atom is 0.346 e. The number of para-hydroxylation sites is 1. The summed E-state index contributed by atoms with van der Waals surface area (Å²) in [7, 11) is 0. The van der Waals surface area contributed by atoms with Gasteiger partial charge >= 0.3 is 5.97 Å². The summed E-state index contributed by atoms with van der Waals surface area (Å²) in [5.74, 6) is -0.670. The number of hydrogen-bond acceptors (Lipinski definition) is 3. The first-order chi connectivity index (χ1) is 8.77. The Morgan fingerprint density at radius 3 is 2.39 bits per heavy atom. The molecular weight excluding hydrogens is 228 g/mol. The molecule has 18 heavy (non-hydrogen) atoms. The minimum atomic E-state index is -0.583. The lowest BCUT2D eigenvalue weighted by atomic mass is 10.2. The minimum Gasteiger partial charge on any atom is -0.507 e. The molecule has 0 aromatic heterocycles. The van der Waals surface area contributed by atoms with Crippen LogP contribution in [0.1, 0.15) is 15.9 Å². The molecule has 0 aliphatic heterocycles. The molecule has 3 heteroatoms. The highest BCUT2D eigenvalue weighted by atomic mass is 16.5. The summed E-state index contributed by atoms with van der Waals surface area (Å²) < 4.78 is 4.93. The van der Waals surface area contributed by atoms with Crippen LogP contribution >= 0.6 is 0 Å². The van der Waals surface area contributed by atoms with E-state index >= 15 is 0 Å². The van der Waals surface area contributed by atoms with E-state index in [-0.39, 0.29) is 11.3 Å². The molecule has 3 nitrogen and oxygen atoms in total. The zero-order valence-corrected chi connectivity index (χ0v) is 9.61. The summed E-state index contributed by atoms with van der Waals surface area (Å²) in [6.45, 7) is 0. The van der Waals surface area contributed by atoms with Crippen molar-refractivity contribution in [1.82, 2.24) is 0 Å². The predicted molar refractivity (Wildman–Crippen MR) is 69.0 cm³/mol. The van der Waals surface area contributed by atoms with Gasteiger partial charge in [0, 0.05) is 0 Å². The van der Waals surface area contributed by atoms with Gasteiger partial charge in [0.1, 0.15) is 11.3 Å². The Morgan fingerprint density at radius 2 is 1.67 bits per heavy atom. The number of aromatic hydroxyl groups is 1. The Hall–Kier alpha value is -2.55. The average Bonchev–Trinajstić information content (AvgIpc) is 2.40. The molecule has 0 unspecified atom stereocenters. The first-order valence-corrected chi connectivity index (χ1v) is 5.48. The van der Waals surface area contributed by atoms with Gasteiger partial charge < -0.3 is 9.84 Å². The lowest BCUT2D eigenvalue weighted by molar-refractivity contribution is 0.0662. The second-order valence-corrected chi connectivity index (χ2v) is 3.64. The van der Waals surface area contributed by atoms with Gasteiger partial charge in [-0.3, -0.25) is 0 Å². The van der Waals surface area contributed by atoms with Gasteiger partial charge in [0.25, 0.3) is 0 Å². The number of carbonyl (C=O) groups is 1. The number of hydrogen-bond donors (Lipinski definition) is 1. The van der Waals surface area contributed by atoms with Gasteiger partial charge in [0.05, 0.1) is 6.26 Å². The van der Waals surface area contributed by atoms with Crippen molar-refractivity contribution in [2.75, 3.05) is 0 Å². The largest absolute Gasteiger partial charge is 0.507 e. The molecule has 0 atom stereocenters. The highest BCUT2D eigenvalue weighted by Gasteiger charge is 2.09. The monoisotopic (exact) mass is 240 g/mol. The molecule has 0 aliphatic carbocycles. The average molecular weight is 240 g/mol. The van der Waals surface area contributed by atoms with E-state index in [9.17, 15) is 9.90 Å². The van der Waals surface area contributed by atoms with E-state index in [1.165, 1.54) is 18.4 Å². The molecule has 0 radical (unpaired) electrons. The van der Waals surface area contributed by atoms with Gasteiger partial charge in [-0.25, -0.2) is 4.79 Å². The van der Waals surface area contributed by atoms with Crippen LogP contribution < -0.4 is 0 Å². The summed E-state index contributed by atoms with van der Waals surface area (Å²) in [6, 6.07) is 15.7. The molecule has 0 saturated carbocycles. The Morgan fingerprint density at radius 1 is 1.00 bits per heavy atom. The van der Waals surface area contributed by atoms with Crippen molar-refractivity contribution in [3.63, 3.8) is 0 Å². The van der Waals surface area contributed by atoms with Crippen molar-refractivity contribution < 1.29 is 14.6 Å². The predicted octanol–water partition coefficient (Wildman–Crippen LogP) is 3.22. The van der Waals surface area contributed by atoms with E-state index in [4.69, 9.17) is 4.74 Å². The fourth-order valence-corrected chi connectivity index (χ4v) is 1.45. The van der Waals surface area contributed by atoms with Crippen LogP contribution in [0.2, 0.25) is 0 Å². The zero-order chi connectivity index (χ0) is 12.8. The zero-order valence-electron chi connectivity index (χ0n) is 9.61. The van der Waals surface area contributed by atoms with Gasteiger partial charge in [0.2, 0.25) is 0 Å².